The largest absolute Gasteiger partial charge is 0.376 e. The van der Waals surface area contributed by atoms with E-state index in [0.717, 1.165) is 62.4 Å². The molecule has 0 unspecified atom stereocenters. The van der Waals surface area contributed by atoms with Gasteiger partial charge in [-0.2, -0.15) is 10.1 Å². The number of anilines is 2. The fraction of sp³-hybridized carbons (Fsp3) is 0.462. The Labute approximate surface area is 219 Å². The first-order chi connectivity index (χ1) is 18.0. The summed E-state index contributed by atoms with van der Waals surface area (Å²) in [6.07, 6.45) is 9.77. The number of ether oxygens (including phenoxy) is 1. The van der Waals surface area contributed by atoms with Crippen LogP contribution in [0.5, 0.6) is 0 Å². The molecule has 1 saturated carbocycles. The van der Waals surface area contributed by atoms with Crippen molar-refractivity contribution in [2.45, 2.75) is 50.8 Å². The van der Waals surface area contributed by atoms with Gasteiger partial charge >= 0.3 is 0 Å². The zero-order chi connectivity index (χ0) is 25.1. The number of nitrogens with zero attached hydrogens (tertiary/aromatic N) is 6. The fourth-order valence-corrected chi connectivity index (χ4v) is 5.77. The minimum Gasteiger partial charge on any atom is -0.376 e. The molecule has 10 nitrogen and oxygen atoms in total. The highest BCUT2D eigenvalue weighted by Crippen LogP contribution is 2.42. The van der Waals surface area contributed by atoms with Crippen LogP contribution in [0.3, 0.4) is 0 Å². The average molecular weight is 518 g/mol. The summed E-state index contributed by atoms with van der Waals surface area (Å²) in [5, 5.41) is 12.2. The summed E-state index contributed by atoms with van der Waals surface area (Å²) in [7, 11) is 0. The van der Waals surface area contributed by atoms with E-state index in [1.807, 2.05) is 16.7 Å². The summed E-state index contributed by atoms with van der Waals surface area (Å²) < 4.78 is 7.91. The Hall–Kier alpha value is -3.39. The summed E-state index contributed by atoms with van der Waals surface area (Å²) in [6, 6.07) is 2.34. The lowest BCUT2D eigenvalue weighted by atomic mass is 9.73. The lowest BCUT2D eigenvalue weighted by molar-refractivity contribution is 0.0973. The van der Waals surface area contributed by atoms with Crippen LogP contribution in [0.25, 0.3) is 16.7 Å². The van der Waals surface area contributed by atoms with E-state index in [9.17, 15) is 0 Å². The molecule has 190 valence electrons. The number of halogens is 1. The number of hydrogen-bond acceptors (Lipinski definition) is 8. The number of rotatable bonds is 3. The quantitative estimate of drug-likeness (QED) is 0.354. The minimum absolute atomic E-state index is 0.0471. The van der Waals surface area contributed by atoms with Crippen LogP contribution in [-0.2, 0) is 4.74 Å². The van der Waals surface area contributed by atoms with E-state index in [2.05, 4.69) is 49.1 Å². The van der Waals surface area contributed by atoms with E-state index in [1.165, 1.54) is 0 Å². The number of piperidine rings is 1. The average Bonchev–Trinajstić information content (AvgIpc) is 3.31. The molecule has 4 N–H and O–H groups in total. The van der Waals surface area contributed by atoms with Gasteiger partial charge in [0.2, 0.25) is 5.95 Å². The zero-order valence-electron chi connectivity index (χ0n) is 20.5. The molecule has 3 fully saturated rings. The summed E-state index contributed by atoms with van der Waals surface area (Å²) in [5.41, 5.74) is 9.28. The number of aromatic nitrogens is 6. The number of H-pyrrole nitrogens is 1. The molecule has 4 aromatic heterocycles. The van der Waals surface area contributed by atoms with Crippen molar-refractivity contribution < 1.29 is 4.74 Å². The van der Waals surface area contributed by atoms with Gasteiger partial charge in [-0.15, -0.1) is 0 Å². The first-order valence-corrected chi connectivity index (χ1v) is 13.2. The lowest BCUT2D eigenvalue weighted by Gasteiger charge is -2.41. The van der Waals surface area contributed by atoms with Gasteiger partial charge in [0.25, 0.3) is 0 Å². The number of fused-ring (bicyclic) bond motifs is 3. The first-order valence-electron chi connectivity index (χ1n) is 12.8. The molecule has 2 aliphatic heterocycles. The highest BCUT2D eigenvalue weighted by Gasteiger charge is 2.47. The predicted octanol–water partition coefficient (Wildman–Crippen LogP) is 2.96. The third-order valence-corrected chi connectivity index (χ3v) is 8.43. The van der Waals surface area contributed by atoms with Crippen LogP contribution >= 0.6 is 11.6 Å². The van der Waals surface area contributed by atoms with Crippen molar-refractivity contribution in [3.8, 4) is 11.8 Å². The van der Waals surface area contributed by atoms with Gasteiger partial charge in [-0.05, 0) is 44.6 Å². The van der Waals surface area contributed by atoms with E-state index < -0.39 is 0 Å². The second kappa shape index (κ2) is 8.58. The summed E-state index contributed by atoms with van der Waals surface area (Å²) in [5.74, 6) is 7.89. The number of pyridine rings is 1. The molecule has 0 radical (unpaired) electrons. The third kappa shape index (κ3) is 3.81. The van der Waals surface area contributed by atoms with Gasteiger partial charge < -0.3 is 20.7 Å². The molecular weight excluding hydrogens is 490 g/mol. The van der Waals surface area contributed by atoms with Crippen LogP contribution in [0.15, 0.2) is 24.7 Å². The van der Waals surface area contributed by atoms with Crippen molar-refractivity contribution in [3.05, 3.63) is 40.9 Å². The number of hydrogen-bond donors (Lipinski definition) is 3. The van der Waals surface area contributed by atoms with Crippen LogP contribution < -0.4 is 16.0 Å². The van der Waals surface area contributed by atoms with Gasteiger partial charge in [-0.1, -0.05) is 17.5 Å². The maximum Gasteiger partial charge on any atom is 0.213 e. The molecular formula is C26H28ClN9O. The Bertz CT molecular complexity index is 1550. The SMILES string of the molecule is C[C@@H]1OCC2(CCN(c3nc4n[nH]c(C#Cc5ccnc(NC6CC6)c5Cl)c4c4nccn34)CC2)[C@@H]1N. The maximum absolute atomic E-state index is 6.58. The van der Waals surface area contributed by atoms with E-state index >= 15 is 0 Å². The molecule has 0 bridgehead atoms. The monoisotopic (exact) mass is 517 g/mol. The minimum atomic E-state index is 0.0471. The smallest absolute Gasteiger partial charge is 0.213 e. The van der Waals surface area contributed by atoms with Crippen LogP contribution in [0.1, 0.15) is 43.9 Å². The maximum atomic E-state index is 6.58. The molecule has 11 heteroatoms. The van der Waals surface area contributed by atoms with Crippen molar-refractivity contribution in [2.24, 2.45) is 11.1 Å². The van der Waals surface area contributed by atoms with Crippen LogP contribution in [0.4, 0.5) is 11.8 Å². The Balaban J connectivity index is 1.20. The number of nitrogens with two attached hydrogens (primary N) is 1. The molecule has 0 aromatic carbocycles. The second-order valence-electron chi connectivity index (χ2n) is 10.4. The number of aromatic amines is 1. The Morgan fingerprint density at radius 2 is 2.05 bits per heavy atom. The Morgan fingerprint density at radius 1 is 1.22 bits per heavy atom. The van der Waals surface area contributed by atoms with Gasteiger partial charge in [0.15, 0.2) is 11.3 Å². The van der Waals surface area contributed by atoms with Crippen molar-refractivity contribution in [3.63, 3.8) is 0 Å². The van der Waals surface area contributed by atoms with Crippen molar-refractivity contribution in [1.82, 2.24) is 29.5 Å². The van der Waals surface area contributed by atoms with E-state index in [4.69, 9.17) is 27.1 Å². The van der Waals surface area contributed by atoms with Crippen molar-refractivity contribution in [1.29, 1.82) is 0 Å². The Morgan fingerprint density at radius 3 is 2.81 bits per heavy atom. The molecule has 1 spiro atoms. The van der Waals surface area contributed by atoms with Gasteiger partial charge in [0.05, 0.1) is 23.1 Å². The summed E-state index contributed by atoms with van der Waals surface area (Å²) >= 11 is 6.58. The Kier molecular flexibility index (Phi) is 5.29. The molecule has 1 aliphatic carbocycles. The first kappa shape index (κ1) is 22.8. The highest BCUT2D eigenvalue weighted by molar-refractivity contribution is 6.34. The van der Waals surface area contributed by atoms with Crippen molar-refractivity contribution in [2.75, 3.05) is 29.9 Å². The van der Waals surface area contributed by atoms with Gasteiger partial charge in [-0.3, -0.25) is 9.50 Å². The number of imidazole rings is 1. The zero-order valence-corrected chi connectivity index (χ0v) is 21.3. The highest BCUT2D eigenvalue weighted by atomic mass is 35.5. The van der Waals surface area contributed by atoms with E-state index in [0.29, 0.717) is 33.8 Å². The van der Waals surface area contributed by atoms with Gasteiger partial charge in [0, 0.05) is 54.7 Å². The van der Waals surface area contributed by atoms with E-state index in [1.54, 1.807) is 12.4 Å². The third-order valence-electron chi connectivity index (χ3n) is 8.05. The molecule has 2 saturated heterocycles. The van der Waals surface area contributed by atoms with Gasteiger partial charge in [0.1, 0.15) is 11.5 Å². The summed E-state index contributed by atoms with van der Waals surface area (Å²) in [6.45, 7) is 4.51. The molecule has 6 heterocycles. The molecule has 0 amide bonds. The topological polar surface area (TPSA) is 122 Å². The van der Waals surface area contributed by atoms with Crippen molar-refractivity contribution >= 4 is 40.0 Å². The standard InChI is InChI=1S/C26H28ClN9O/c1-15-21(28)26(14-37-15)7-11-35(12-8-26)25-32-22-19(24-30-10-13-36(24)25)18(33-34-22)5-2-16-6-9-29-23(20(16)27)31-17-3-4-17/h6,9-10,13,15,17,21H,3-4,7-8,11-12,14,28H2,1H3,(H,29,31)(H,33,34)/t15-,21+/m0/s1. The van der Waals surface area contributed by atoms with Crippen LogP contribution in [0.2, 0.25) is 5.02 Å². The van der Waals surface area contributed by atoms with Crippen LogP contribution in [0, 0.1) is 17.3 Å². The second-order valence-corrected chi connectivity index (χ2v) is 10.8. The molecule has 4 aromatic rings. The molecule has 37 heavy (non-hydrogen) atoms. The lowest BCUT2D eigenvalue weighted by Crippen LogP contribution is -2.51. The van der Waals surface area contributed by atoms with E-state index in [-0.39, 0.29) is 17.6 Å². The van der Waals surface area contributed by atoms with Gasteiger partial charge in [-0.25, -0.2) is 9.97 Å². The predicted molar refractivity (Wildman–Crippen MR) is 142 cm³/mol. The molecule has 7 rings (SSSR count). The number of nitrogens with one attached hydrogen (secondary N) is 2. The normalized spacial score (nSPS) is 23.1. The van der Waals surface area contributed by atoms with Crippen LogP contribution in [-0.4, -0.2) is 67.4 Å². The molecule has 2 atom stereocenters. The molecule has 3 aliphatic rings. The summed E-state index contributed by atoms with van der Waals surface area (Å²) in [4.78, 5) is 16.2. The fourth-order valence-electron chi connectivity index (χ4n) is 5.55.